The van der Waals surface area contributed by atoms with Crippen molar-refractivity contribution >= 4 is 36.1 Å². The van der Waals surface area contributed by atoms with Gasteiger partial charge >= 0.3 is 7.12 Å². The third kappa shape index (κ3) is 3.12. The lowest BCUT2D eigenvalue weighted by atomic mass is 9.77. The number of thiophene rings is 1. The molecular weight excluding hydrogens is 292 g/mol. The molecular formula is C14H21BClNO2S. The second kappa shape index (κ2) is 5.81. The molecule has 1 N–H and O–H groups in total. The average molecular weight is 314 g/mol. The van der Waals surface area contributed by atoms with E-state index < -0.39 is 0 Å². The number of hydrogen-bond acceptors (Lipinski definition) is 4. The molecule has 2 heterocycles. The Labute approximate surface area is 130 Å². The van der Waals surface area contributed by atoms with Crippen LogP contribution in [0.4, 0.5) is 0 Å². The fraction of sp³-hybridized carbons (Fsp3) is 0.571. The minimum absolute atomic E-state index is 0.330. The van der Waals surface area contributed by atoms with Gasteiger partial charge < -0.3 is 14.6 Å². The van der Waals surface area contributed by atoms with Crippen LogP contribution >= 0.6 is 22.9 Å². The highest BCUT2D eigenvalue weighted by Crippen LogP contribution is 2.39. The van der Waals surface area contributed by atoms with Gasteiger partial charge in [-0.15, -0.1) is 11.3 Å². The summed E-state index contributed by atoms with van der Waals surface area (Å²) >= 11 is 7.70. The monoisotopic (exact) mass is 313 g/mol. The standard InChI is InChI=1S/C14H21BClNO2S/c1-13(2)14(3,4)19-15(18-13)11(9-17-5)8-10-6-7-20-12(10)16/h6-8,17H,9H2,1-5H3. The van der Waals surface area contributed by atoms with Crippen LogP contribution in [0.1, 0.15) is 33.3 Å². The number of rotatable bonds is 4. The van der Waals surface area contributed by atoms with Crippen LogP contribution in [-0.2, 0) is 9.31 Å². The minimum Gasteiger partial charge on any atom is -0.400 e. The summed E-state index contributed by atoms with van der Waals surface area (Å²) in [6.45, 7) is 8.93. The largest absolute Gasteiger partial charge is 0.491 e. The molecule has 2 rings (SSSR count). The Kier molecular flexibility index (Phi) is 4.67. The molecule has 1 aliphatic rings. The van der Waals surface area contributed by atoms with Crippen molar-refractivity contribution in [2.45, 2.75) is 38.9 Å². The van der Waals surface area contributed by atoms with E-state index >= 15 is 0 Å². The molecule has 6 heteroatoms. The van der Waals surface area contributed by atoms with E-state index in [0.717, 1.165) is 15.4 Å². The number of halogens is 1. The van der Waals surface area contributed by atoms with E-state index in [9.17, 15) is 0 Å². The molecule has 0 unspecified atom stereocenters. The van der Waals surface area contributed by atoms with Crippen molar-refractivity contribution in [2.24, 2.45) is 0 Å². The van der Waals surface area contributed by atoms with Crippen molar-refractivity contribution in [3.63, 3.8) is 0 Å². The van der Waals surface area contributed by atoms with Crippen LogP contribution in [-0.4, -0.2) is 31.9 Å². The summed E-state index contributed by atoms with van der Waals surface area (Å²) in [4.78, 5) is 0. The summed E-state index contributed by atoms with van der Waals surface area (Å²) in [6.07, 6.45) is 2.05. The number of nitrogens with one attached hydrogen (secondary N) is 1. The predicted octanol–water partition coefficient (Wildman–Crippen LogP) is 3.64. The second-order valence-corrected chi connectivity index (χ2v) is 7.51. The molecule has 1 aromatic heterocycles. The smallest absolute Gasteiger partial charge is 0.400 e. The van der Waals surface area contributed by atoms with Gasteiger partial charge in [-0.25, -0.2) is 0 Å². The zero-order valence-corrected chi connectivity index (χ0v) is 14.2. The van der Waals surface area contributed by atoms with Crippen LogP contribution in [0.3, 0.4) is 0 Å². The average Bonchev–Trinajstić information content (AvgIpc) is 2.81. The normalized spacial score (nSPS) is 21.5. The van der Waals surface area contributed by atoms with E-state index in [2.05, 4.69) is 39.1 Å². The van der Waals surface area contributed by atoms with Crippen LogP contribution in [0.2, 0.25) is 4.34 Å². The van der Waals surface area contributed by atoms with Gasteiger partial charge in [0.15, 0.2) is 0 Å². The van der Waals surface area contributed by atoms with E-state index in [-0.39, 0.29) is 18.3 Å². The second-order valence-electron chi connectivity index (χ2n) is 5.99. The highest BCUT2D eigenvalue weighted by Gasteiger charge is 2.52. The molecule has 20 heavy (non-hydrogen) atoms. The molecule has 0 radical (unpaired) electrons. The molecule has 0 aromatic carbocycles. The summed E-state index contributed by atoms with van der Waals surface area (Å²) in [5.41, 5.74) is 1.40. The molecule has 1 saturated heterocycles. The van der Waals surface area contributed by atoms with E-state index in [1.54, 1.807) is 0 Å². The van der Waals surface area contributed by atoms with E-state index in [1.807, 2.05) is 18.5 Å². The first-order valence-electron chi connectivity index (χ1n) is 6.70. The summed E-state index contributed by atoms with van der Waals surface area (Å²) in [5, 5.41) is 5.14. The van der Waals surface area contributed by atoms with Gasteiger partial charge in [0, 0.05) is 12.1 Å². The van der Waals surface area contributed by atoms with Crippen molar-refractivity contribution in [2.75, 3.05) is 13.6 Å². The maximum absolute atomic E-state index is 6.17. The number of likely N-dealkylation sites (N-methyl/N-ethyl adjacent to an activating group) is 1. The maximum atomic E-state index is 6.17. The SMILES string of the molecule is CNCC(=Cc1ccsc1Cl)B1OC(C)(C)C(C)(C)O1. The minimum atomic E-state index is -0.344. The van der Waals surface area contributed by atoms with Gasteiger partial charge in [0.1, 0.15) is 4.34 Å². The van der Waals surface area contributed by atoms with Gasteiger partial charge in [-0.1, -0.05) is 17.7 Å². The Morgan fingerprint density at radius 2 is 1.95 bits per heavy atom. The van der Waals surface area contributed by atoms with Crippen molar-refractivity contribution in [3.8, 4) is 0 Å². The quantitative estimate of drug-likeness (QED) is 0.861. The Bertz CT molecular complexity index is 497. The molecule has 3 nitrogen and oxygen atoms in total. The fourth-order valence-corrected chi connectivity index (χ4v) is 2.88. The molecule has 0 saturated carbocycles. The third-order valence-electron chi connectivity index (χ3n) is 3.92. The van der Waals surface area contributed by atoms with Crippen LogP contribution in [0.25, 0.3) is 6.08 Å². The summed E-state index contributed by atoms with van der Waals surface area (Å²) < 4.78 is 13.0. The molecule has 0 atom stereocenters. The Balaban J connectivity index is 2.27. The van der Waals surface area contributed by atoms with Gasteiger partial charge in [0.05, 0.1) is 11.2 Å². The highest BCUT2D eigenvalue weighted by atomic mass is 35.5. The first kappa shape index (κ1) is 16.1. The molecule has 0 bridgehead atoms. The lowest BCUT2D eigenvalue weighted by molar-refractivity contribution is 0.00578. The summed E-state index contributed by atoms with van der Waals surface area (Å²) in [5.74, 6) is 0. The lowest BCUT2D eigenvalue weighted by Gasteiger charge is -2.32. The zero-order chi connectivity index (χ0) is 15.0. The first-order chi connectivity index (χ1) is 9.27. The van der Waals surface area contributed by atoms with Gasteiger partial charge in [0.25, 0.3) is 0 Å². The third-order valence-corrected chi connectivity index (χ3v) is 5.12. The maximum Gasteiger partial charge on any atom is 0.491 e. The molecule has 1 fully saturated rings. The summed E-state index contributed by atoms with van der Waals surface area (Å²) in [7, 11) is 1.57. The lowest BCUT2D eigenvalue weighted by Crippen LogP contribution is -2.41. The van der Waals surface area contributed by atoms with Crippen molar-refractivity contribution in [1.82, 2.24) is 5.32 Å². The molecule has 1 aromatic rings. The Hall–Kier alpha value is -0.325. The topological polar surface area (TPSA) is 30.5 Å². The van der Waals surface area contributed by atoms with Crippen LogP contribution in [0, 0.1) is 0 Å². The number of hydrogen-bond donors (Lipinski definition) is 1. The van der Waals surface area contributed by atoms with E-state index in [0.29, 0.717) is 6.54 Å². The Morgan fingerprint density at radius 1 is 1.35 bits per heavy atom. The van der Waals surface area contributed by atoms with Gasteiger partial charge in [0.2, 0.25) is 0 Å². The summed E-state index contributed by atoms with van der Waals surface area (Å²) in [6, 6.07) is 2.01. The first-order valence-corrected chi connectivity index (χ1v) is 7.96. The van der Waals surface area contributed by atoms with Gasteiger partial charge in [-0.05, 0) is 51.7 Å². The highest BCUT2D eigenvalue weighted by molar-refractivity contribution is 7.14. The van der Waals surface area contributed by atoms with Crippen LogP contribution < -0.4 is 5.32 Å². The molecule has 1 aliphatic heterocycles. The molecule has 0 spiro atoms. The predicted molar refractivity (Wildman–Crippen MR) is 87.3 cm³/mol. The van der Waals surface area contributed by atoms with Crippen LogP contribution in [0.5, 0.6) is 0 Å². The van der Waals surface area contributed by atoms with E-state index in [1.165, 1.54) is 11.3 Å². The molecule has 110 valence electrons. The van der Waals surface area contributed by atoms with Gasteiger partial charge in [-0.3, -0.25) is 0 Å². The van der Waals surface area contributed by atoms with E-state index in [4.69, 9.17) is 20.9 Å². The molecule has 0 aliphatic carbocycles. The zero-order valence-electron chi connectivity index (χ0n) is 12.6. The van der Waals surface area contributed by atoms with Crippen molar-refractivity contribution < 1.29 is 9.31 Å². The molecule has 0 amide bonds. The fourth-order valence-electron chi connectivity index (χ4n) is 2.01. The Morgan fingerprint density at radius 3 is 2.40 bits per heavy atom. The van der Waals surface area contributed by atoms with Crippen molar-refractivity contribution in [1.29, 1.82) is 0 Å². The van der Waals surface area contributed by atoms with Crippen LogP contribution in [0.15, 0.2) is 16.9 Å². The van der Waals surface area contributed by atoms with Crippen molar-refractivity contribution in [3.05, 3.63) is 26.8 Å². The van der Waals surface area contributed by atoms with Gasteiger partial charge in [-0.2, -0.15) is 0 Å².